The largest absolute Gasteiger partial charge is 0.504 e. The van der Waals surface area contributed by atoms with E-state index in [1.165, 1.54) is 5.56 Å². The molecule has 112 valence electrons. The Balaban J connectivity index is 2.12. The van der Waals surface area contributed by atoms with E-state index in [0.717, 1.165) is 10.0 Å². The van der Waals surface area contributed by atoms with E-state index in [1.807, 2.05) is 24.3 Å². The quantitative estimate of drug-likeness (QED) is 0.830. The number of benzene rings is 2. The van der Waals surface area contributed by atoms with Gasteiger partial charge < -0.3 is 15.2 Å². The fourth-order valence-corrected chi connectivity index (χ4v) is 2.72. The number of halogens is 1. The summed E-state index contributed by atoms with van der Waals surface area (Å²) in [5, 5.41) is 13.2. The van der Waals surface area contributed by atoms with Crippen LogP contribution in [0.15, 0.2) is 46.9 Å². The first-order valence-corrected chi connectivity index (χ1v) is 7.69. The molecule has 0 radical (unpaired) electrons. The number of methoxy groups -OCH3 is 1. The molecule has 4 heteroatoms. The summed E-state index contributed by atoms with van der Waals surface area (Å²) >= 11 is 3.50. The van der Waals surface area contributed by atoms with E-state index in [2.05, 4.69) is 47.2 Å². The van der Waals surface area contributed by atoms with Crippen molar-refractivity contribution in [1.29, 1.82) is 0 Å². The molecule has 0 spiro atoms. The maximum atomic E-state index is 9.66. The van der Waals surface area contributed by atoms with Gasteiger partial charge in [0.1, 0.15) is 0 Å². The summed E-state index contributed by atoms with van der Waals surface area (Å²) in [6.07, 6.45) is 0. The van der Waals surface area contributed by atoms with Crippen LogP contribution < -0.4 is 10.1 Å². The molecule has 0 heterocycles. The van der Waals surface area contributed by atoms with Gasteiger partial charge in [-0.1, -0.05) is 34.1 Å². The second-order valence-electron chi connectivity index (χ2n) is 5.10. The summed E-state index contributed by atoms with van der Waals surface area (Å²) in [5.41, 5.74) is 2.30. The number of nitrogens with one attached hydrogen (secondary N) is 1. The number of aromatic hydroxyl groups is 1. The monoisotopic (exact) mass is 349 g/mol. The van der Waals surface area contributed by atoms with Gasteiger partial charge in [0.05, 0.1) is 7.11 Å². The highest BCUT2D eigenvalue weighted by Crippen LogP contribution is 2.30. The van der Waals surface area contributed by atoms with Gasteiger partial charge in [-0.3, -0.25) is 0 Å². The summed E-state index contributed by atoms with van der Waals surface area (Å²) in [6.45, 7) is 4.23. The van der Waals surface area contributed by atoms with Crippen LogP contribution in [-0.4, -0.2) is 12.2 Å². The van der Waals surface area contributed by atoms with Crippen molar-refractivity contribution in [3.8, 4) is 11.5 Å². The number of phenols is 1. The molecule has 0 aliphatic heterocycles. The zero-order valence-electron chi connectivity index (χ0n) is 12.4. The minimum absolute atomic E-state index is 0.147. The fraction of sp³-hybridized carbons (Fsp3) is 0.294. The zero-order chi connectivity index (χ0) is 15.4. The van der Waals surface area contributed by atoms with Gasteiger partial charge in [0.25, 0.3) is 0 Å². The molecule has 21 heavy (non-hydrogen) atoms. The third-order valence-corrected chi connectivity index (χ3v) is 4.05. The summed E-state index contributed by atoms with van der Waals surface area (Å²) in [5.74, 6) is 0.657. The standard InChI is InChI=1S/C17H20BrNO2/c1-11(13-5-4-6-15(18)9-13)19-12(2)14-7-8-16(20)17(10-14)21-3/h4-12,19-20H,1-3H3/t11-,12?/m1/s1. The average molecular weight is 350 g/mol. The Morgan fingerprint density at radius 2 is 1.71 bits per heavy atom. The lowest BCUT2D eigenvalue weighted by Crippen LogP contribution is -2.22. The van der Waals surface area contributed by atoms with Crippen molar-refractivity contribution in [2.75, 3.05) is 7.11 Å². The predicted molar refractivity (Wildman–Crippen MR) is 88.8 cm³/mol. The first-order chi connectivity index (χ1) is 10.0. The van der Waals surface area contributed by atoms with E-state index in [-0.39, 0.29) is 17.8 Å². The van der Waals surface area contributed by atoms with E-state index in [4.69, 9.17) is 4.74 Å². The first-order valence-electron chi connectivity index (χ1n) is 6.89. The number of hydrogen-bond acceptors (Lipinski definition) is 3. The second kappa shape index (κ2) is 6.96. The highest BCUT2D eigenvalue weighted by molar-refractivity contribution is 9.10. The summed E-state index contributed by atoms with van der Waals surface area (Å²) in [6, 6.07) is 14.1. The van der Waals surface area contributed by atoms with E-state index in [1.54, 1.807) is 13.2 Å². The summed E-state index contributed by atoms with van der Waals surface area (Å²) in [4.78, 5) is 0. The maximum absolute atomic E-state index is 9.66. The van der Waals surface area contributed by atoms with Gasteiger partial charge in [-0.2, -0.15) is 0 Å². The topological polar surface area (TPSA) is 41.5 Å². The van der Waals surface area contributed by atoms with E-state index in [0.29, 0.717) is 5.75 Å². The second-order valence-corrected chi connectivity index (χ2v) is 6.01. The van der Waals surface area contributed by atoms with E-state index < -0.39 is 0 Å². The van der Waals surface area contributed by atoms with Gasteiger partial charge in [-0.25, -0.2) is 0 Å². The Bertz CT molecular complexity index is 615. The molecule has 0 aliphatic rings. The predicted octanol–water partition coefficient (Wildman–Crippen LogP) is 4.58. The molecule has 0 bridgehead atoms. The summed E-state index contributed by atoms with van der Waals surface area (Å²) < 4.78 is 6.23. The Labute approximate surface area is 134 Å². The van der Waals surface area contributed by atoms with E-state index in [9.17, 15) is 5.11 Å². The Morgan fingerprint density at radius 3 is 2.33 bits per heavy atom. The smallest absolute Gasteiger partial charge is 0.160 e. The molecule has 1 unspecified atom stereocenters. The molecule has 2 atom stereocenters. The van der Waals surface area contributed by atoms with Crippen LogP contribution in [0.25, 0.3) is 0 Å². The van der Waals surface area contributed by atoms with Crippen molar-refractivity contribution < 1.29 is 9.84 Å². The van der Waals surface area contributed by atoms with Crippen LogP contribution in [0.5, 0.6) is 11.5 Å². The third-order valence-electron chi connectivity index (χ3n) is 3.55. The maximum Gasteiger partial charge on any atom is 0.160 e. The molecule has 0 aromatic heterocycles. The van der Waals surface area contributed by atoms with Gasteiger partial charge >= 0.3 is 0 Å². The highest BCUT2D eigenvalue weighted by atomic mass is 79.9. The van der Waals surface area contributed by atoms with Gasteiger partial charge in [-0.05, 0) is 49.2 Å². The van der Waals surface area contributed by atoms with Crippen LogP contribution >= 0.6 is 15.9 Å². The van der Waals surface area contributed by atoms with E-state index >= 15 is 0 Å². The fourth-order valence-electron chi connectivity index (χ4n) is 2.31. The molecule has 0 saturated carbocycles. The van der Waals surface area contributed by atoms with Crippen LogP contribution in [0.3, 0.4) is 0 Å². The highest BCUT2D eigenvalue weighted by Gasteiger charge is 2.13. The van der Waals surface area contributed by atoms with Crippen molar-refractivity contribution in [1.82, 2.24) is 5.32 Å². The Morgan fingerprint density at radius 1 is 1.05 bits per heavy atom. The number of hydrogen-bond donors (Lipinski definition) is 2. The molecule has 2 aromatic carbocycles. The molecule has 2 N–H and O–H groups in total. The summed E-state index contributed by atoms with van der Waals surface area (Å²) in [7, 11) is 1.56. The van der Waals surface area contributed by atoms with Gasteiger partial charge in [0, 0.05) is 16.6 Å². The number of phenolic OH excluding ortho intramolecular Hbond substituents is 1. The lowest BCUT2D eigenvalue weighted by atomic mass is 10.0. The SMILES string of the molecule is COc1cc(C(C)N[C@H](C)c2cccc(Br)c2)ccc1O. The van der Waals surface area contributed by atoms with Crippen LogP contribution in [-0.2, 0) is 0 Å². The van der Waals surface area contributed by atoms with Crippen molar-refractivity contribution in [3.63, 3.8) is 0 Å². The minimum Gasteiger partial charge on any atom is -0.504 e. The van der Waals surface area contributed by atoms with Gasteiger partial charge in [0.2, 0.25) is 0 Å². The van der Waals surface area contributed by atoms with Crippen LogP contribution in [0.4, 0.5) is 0 Å². The number of ether oxygens (including phenoxy) is 1. The lowest BCUT2D eigenvalue weighted by molar-refractivity contribution is 0.371. The Kier molecular flexibility index (Phi) is 5.26. The minimum atomic E-state index is 0.147. The third kappa shape index (κ3) is 3.99. The van der Waals surface area contributed by atoms with Crippen LogP contribution in [0.1, 0.15) is 37.1 Å². The average Bonchev–Trinajstić information content (AvgIpc) is 2.47. The molecular formula is C17H20BrNO2. The molecule has 0 amide bonds. The molecule has 2 aromatic rings. The molecule has 0 fully saturated rings. The molecule has 0 saturated heterocycles. The van der Waals surface area contributed by atoms with Crippen LogP contribution in [0.2, 0.25) is 0 Å². The molecule has 2 rings (SSSR count). The normalized spacial score (nSPS) is 13.7. The number of rotatable bonds is 5. The molecular weight excluding hydrogens is 330 g/mol. The van der Waals surface area contributed by atoms with Crippen molar-refractivity contribution in [3.05, 3.63) is 58.1 Å². The van der Waals surface area contributed by atoms with Crippen LogP contribution in [0, 0.1) is 0 Å². The van der Waals surface area contributed by atoms with Crippen molar-refractivity contribution in [2.45, 2.75) is 25.9 Å². The molecule has 3 nitrogen and oxygen atoms in total. The van der Waals surface area contributed by atoms with Crippen molar-refractivity contribution in [2.24, 2.45) is 0 Å². The zero-order valence-corrected chi connectivity index (χ0v) is 14.0. The molecule has 0 aliphatic carbocycles. The van der Waals surface area contributed by atoms with Crippen molar-refractivity contribution >= 4 is 15.9 Å². The Hall–Kier alpha value is -1.52. The van der Waals surface area contributed by atoms with Gasteiger partial charge in [0.15, 0.2) is 11.5 Å². The first kappa shape index (κ1) is 15.9. The lowest BCUT2D eigenvalue weighted by Gasteiger charge is -2.21. The van der Waals surface area contributed by atoms with Gasteiger partial charge in [-0.15, -0.1) is 0 Å².